The lowest BCUT2D eigenvalue weighted by molar-refractivity contribution is 0.569. The van der Waals surface area contributed by atoms with Crippen LogP contribution in [0, 0.1) is 0 Å². The Labute approximate surface area is 116 Å². The molecule has 1 saturated heterocycles. The third-order valence-electron chi connectivity index (χ3n) is 4.11. The Hall–Kier alpha value is -1.20. The molecule has 1 atom stereocenters. The van der Waals surface area contributed by atoms with E-state index in [1.165, 1.54) is 31.1 Å². The molecule has 5 heteroatoms. The molecule has 1 unspecified atom stereocenters. The van der Waals surface area contributed by atoms with E-state index in [4.69, 9.17) is 0 Å². The second kappa shape index (κ2) is 4.72. The molecule has 0 bridgehead atoms. The summed E-state index contributed by atoms with van der Waals surface area (Å²) >= 11 is 1.70. The lowest BCUT2D eigenvalue weighted by Crippen LogP contribution is -2.39. The Balaban J connectivity index is 1.60. The van der Waals surface area contributed by atoms with Crippen LogP contribution in [0.2, 0.25) is 0 Å². The van der Waals surface area contributed by atoms with E-state index in [9.17, 15) is 0 Å². The Bertz CT molecular complexity index is 578. The first kappa shape index (κ1) is 11.6. The van der Waals surface area contributed by atoms with Crippen LogP contribution in [-0.2, 0) is 0 Å². The zero-order chi connectivity index (χ0) is 12.7. The molecule has 0 aromatic carbocycles. The van der Waals surface area contributed by atoms with Gasteiger partial charge in [0.2, 0.25) is 0 Å². The summed E-state index contributed by atoms with van der Waals surface area (Å²) in [5.74, 6) is 1.13. The third-order valence-corrected chi connectivity index (χ3v) is 4.93. The van der Waals surface area contributed by atoms with Crippen LogP contribution < -0.4 is 10.2 Å². The number of nitrogens with one attached hydrogen (secondary N) is 1. The first-order valence-corrected chi connectivity index (χ1v) is 7.98. The molecule has 1 N–H and O–H groups in total. The number of thiophene rings is 1. The van der Waals surface area contributed by atoms with Crippen LogP contribution in [0.25, 0.3) is 10.2 Å². The number of nitrogens with zero attached hydrogens (tertiary/aromatic N) is 3. The van der Waals surface area contributed by atoms with E-state index < -0.39 is 0 Å². The fourth-order valence-electron chi connectivity index (χ4n) is 2.92. The topological polar surface area (TPSA) is 41.1 Å². The first-order chi connectivity index (χ1) is 9.42. The molecule has 2 aromatic heterocycles. The highest BCUT2D eigenvalue weighted by Gasteiger charge is 2.29. The molecule has 1 aliphatic heterocycles. The van der Waals surface area contributed by atoms with Gasteiger partial charge in [-0.2, -0.15) is 0 Å². The lowest BCUT2D eigenvalue weighted by Gasteiger charge is -2.26. The third kappa shape index (κ3) is 2.21. The van der Waals surface area contributed by atoms with E-state index in [0.717, 1.165) is 29.8 Å². The number of fused-ring (bicyclic) bond motifs is 1. The van der Waals surface area contributed by atoms with E-state index in [0.29, 0.717) is 6.04 Å². The monoisotopic (exact) mass is 274 g/mol. The van der Waals surface area contributed by atoms with Gasteiger partial charge in [0.25, 0.3) is 0 Å². The number of hydrogen-bond donors (Lipinski definition) is 1. The maximum atomic E-state index is 4.55. The van der Waals surface area contributed by atoms with Crippen molar-refractivity contribution in [1.82, 2.24) is 15.3 Å². The van der Waals surface area contributed by atoms with Crippen LogP contribution in [0.4, 0.5) is 5.82 Å². The number of rotatable bonds is 4. The van der Waals surface area contributed by atoms with Crippen molar-refractivity contribution in [2.75, 3.05) is 18.0 Å². The van der Waals surface area contributed by atoms with Crippen LogP contribution in [0.15, 0.2) is 17.8 Å². The van der Waals surface area contributed by atoms with Crippen molar-refractivity contribution in [1.29, 1.82) is 0 Å². The molecule has 0 spiro atoms. The lowest BCUT2D eigenvalue weighted by atomic mass is 10.2. The summed E-state index contributed by atoms with van der Waals surface area (Å²) in [6.45, 7) is 2.22. The van der Waals surface area contributed by atoms with E-state index in [1.807, 2.05) is 0 Å². The molecule has 2 fully saturated rings. The van der Waals surface area contributed by atoms with Gasteiger partial charge in [-0.25, -0.2) is 9.97 Å². The summed E-state index contributed by atoms with van der Waals surface area (Å²) in [6.07, 6.45) is 6.96. The van der Waals surface area contributed by atoms with Crippen LogP contribution >= 0.6 is 11.3 Å². The average molecular weight is 274 g/mol. The van der Waals surface area contributed by atoms with Gasteiger partial charge in [0.15, 0.2) is 0 Å². The summed E-state index contributed by atoms with van der Waals surface area (Å²) in [6, 6.07) is 3.53. The Kier molecular flexibility index (Phi) is 2.89. The van der Waals surface area contributed by atoms with Gasteiger partial charge in [-0.3, -0.25) is 0 Å². The number of anilines is 1. The van der Waals surface area contributed by atoms with E-state index in [1.54, 1.807) is 17.7 Å². The number of hydrogen-bond acceptors (Lipinski definition) is 5. The maximum absolute atomic E-state index is 4.55. The predicted octanol–water partition coefficient (Wildman–Crippen LogP) is 2.41. The molecule has 4 nitrogen and oxygen atoms in total. The molecular formula is C14H18N4S. The van der Waals surface area contributed by atoms with Crippen LogP contribution in [0.5, 0.6) is 0 Å². The minimum absolute atomic E-state index is 0.596. The second-order valence-electron chi connectivity index (χ2n) is 5.51. The fourth-order valence-corrected chi connectivity index (χ4v) is 3.65. The van der Waals surface area contributed by atoms with Crippen molar-refractivity contribution in [3.05, 3.63) is 17.8 Å². The molecule has 19 heavy (non-hydrogen) atoms. The van der Waals surface area contributed by atoms with E-state index in [2.05, 4.69) is 31.6 Å². The van der Waals surface area contributed by atoms with Gasteiger partial charge in [-0.15, -0.1) is 11.3 Å². The maximum Gasteiger partial charge on any atom is 0.141 e. The standard InChI is InChI=1S/C14H18N4S/c1-2-11(8-15-10-3-4-10)18(6-1)13-12-5-7-19-14(12)17-9-16-13/h5,7,9-11,15H,1-4,6,8H2. The molecule has 2 aromatic rings. The molecule has 0 radical (unpaired) electrons. The Morgan fingerprint density at radius 2 is 2.26 bits per heavy atom. The largest absolute Gasteiger partial charge is 0.352 e. The van der Waals surface area contributed by atoms with Crippen molar-refractivity contribution in [2.24, 2.45) is 0 Å². The Morgan fingerprint density at radius 1 is 1.32 bits per heavy atom. The zero-order valence-corrected chi connectivity index (χ0v) is 11.7. The molecular weight excluding hydrogens is 256 g/mol. The molecule has 4 rings (SSSR count). The fraction of sp³-hybridized carbons (Fsp3) is 0.571. The minimum Gasteiger partial charge on any atom is -0.352 e. The zero-order valence-electron chi connectivity index (χ0n) is 10.9. The van der Waals surface area contributed by atoms with E-state index >= 15 is 0 Å². The second-order valence-corrected chi connectivity index (χ2v) is 6.40. The van der Waals surface area contributed by atoms with Gasteiger partial charge >= 0.3 is 0 Å². The Morgan fingerprint density at radius 3 is 3.16 bits per heavy atom. The molecule has 1 saturated carbocycles. The predicted molar refractivity (Wildman–Crippen MR) is 78.8 cm³/mol. The molecule has 0 amide bonds. The first-order valence-electron chi connectivity index (χ1n) is 7.10. The van der Waals surface area contributed by atoms with E-state index in [-0.39, 0.29) is 0 Å². The molecule has 100 valence electrons. The summed E-state index contributed by atoms with van der Waals surface area (Å²) in [7, 11) is 0. The van der Waals surface area contributed by atoms with Gasteiger partial charge in [-0.05, 0) is 37.1 Å². The minimum atomic E-state index is 0.596. The van der Waals surface area contributed by atoms with Crippen molar-refractivity contribution in [3.63, 3.8) is 0 Å². The summed E-state index contributed by atoms with van der Waals surface area (Å²) in [5, 5.41) is 6.98. The summed E-state index contributed by atoms with van der Waals surface area (Å²) < 4.78 is 0. The highest BCUT2D eigenvalue weighted by atomic mass is 32.1. The average Bonchev–Trinajstić information content (AvgIpc) is 2.96. The van der Waals surface area contributed by atoms with Gasteiger partial charge in [-0.1, -0.05) is 0 Å². The van der Waals surface area contributed by atoms with Crippen LogP contribution in [-0.4, -0.2) is 35.1 Å². The van der Waals surface area contributed by atoms with Crippen LogP contribution in [0.3, 0.4) is 0 Å². The van der Waals surface area contributed by atoms with Gasteiger partial charge < -0.3 is 10.2 Å². The van der Waals surface area contributed by atoms with Gasteiger partial charge in [0.1, 0.15) is 17.0 Å². The van der Waals surface area contributed by atoms with Crippen molar-refractivity contribution in [3.8, 4) is 0 Å². The van der Waals surface area contributed by atoms with Crippen LogP contribution in [0.1, 0.15) is 25.7 Å². The number of aromatic nitrogens is 2. The molecule has 1 aliphatic carbocycles. The molecule has 2 aliphatic rings. The molecule has 3 heterocycles. The normalized spacial score (nSPS) is 23.4. The smallest absolute Gasteiger partial charge is 0.141 e. The van der Waals surface area contributed by atoms with Crippen molar-refractivity contribution in [2.45, 2.75) is 37.8 Å². The summed E-state index contributed by atoms with van der Waals surface area (Å²) in [4.78, 5) is 12.5. The summed E-state index contributed by atoms with van der Waals surface area (Å²) in [5.41, 5.74) is 0. The van der Waals surface area contributed by atoms with Gasteiger partial charge in [0.05, 0.1) is 5.39 Å². The highest BCUT2D eigenvalue weighted by Crippen LogP contribution is 2.31. The van der Waals surface area contributed by atoms with Gasteiger partial charge in [0, 0.05) is 25.2 Å². The van der Waals surface area contributed by atoms with Crippen molar-refractivity contribution >= 4 is 27.4 Å². The quantitative estimate of drug-likeness (QED) is 0.929. The SMILES string of the molecule is c1nc(N2CCCC2CNC2CC2)c2ccsc2n1. The highest BCUT2D eigenvalue weighted by molar-refractivity contribution is 7.16. The van der Waals surface area contributed by atoms with Crippen molar-refractivity contribution < 1.29 is 0 Å².